The first-order valence-electron chi connectivity index (χ1n) is 7.42. The zero-order valence-corrected chi connectivity index (χ0v) is 15.6. The molecule has 0 aromatic heterocycles. The number of nitrogens with zero attached hydrogens (tertiary/aromatic N) is 1. The second-order valence-corrected chi connectivity index (χ2v) is 6.38. The third-order valence-corrected chi connectivity index (χ3v) is 4.18. The molecule has 0 radical (unpaired) electrons. The summed E-state index contributed by atoms with van der Waals surface area (Å²) in [7, 11) is 1.42. The first-order chi connectivity index (χ1) is 11.8. The van der Waals surface area contributed by atoms with Gasteiger partial charge >= 0.3 is 0 Å². The number of carbonyl (C=O) groups is 1. The van der Waals surface area contributed by atoms with Crippen molar-refractivity contribution in [1.29, 1.82) is 5.26 Å². The van der Waals surface area contributed by atoms with Crippen LogP contribution in [0.1, 0.15) is 16.7 Å². The summed E-state index contributed by atoms with van der Waals surface area (Å²) in [5.41, 5.74) is 2.92. The molecule has 0 aliphatic carbocycles. The Labute approximate surface area is 154 Å². The minimum absolute atomic E-state index is 0.131. The van der Waals surface area contributed by atoms with Crippen molar-refractivity contribution in [2.75, 3.05) is 12.4 Å². The number of halogens is 1. The molecule has 0 spiro atoms. The fourth-order valence-electron chi connectivity index (χ4n) is 2.18. The SMILES string of the molecule is COc1cc(Br)cc(/C=C(\C#N)C(=O)Nc2ccc(C)c(C)c2)c1O. The van der Waals surface area contributed by atoms with Gasteiger partial charge in [-0.2, -0.15) is 5.26 Å². The molecule has 25 heavy (non-hydrogen) atoms. The molecule has 0 heterocycles. The number of aromatic hydroxyl groups is 1. The Hall–Kier alpha value is -2.78. The van der Waals surface area contributed by atoms with Gasteiger partial charge in [0.1, 0.15) is 11.6 Å². The number of anilines is 1. The molecule has 0 aliphatic rings. The summed E-state index contributed by atoms with van der Waals surface area (Å²) in [5.74, 6) is -0.450. The minimum Gasteiger partial charge on any atom is -0.504 e. The molecule has 0 fully saturated rings. The zero-order valence-electron chi connectivity index (χ0n) is 14.1. The average Bonchev–Trinajstić information content (AvgIpc) is 2.58. The van der Waals surface area contributed by atoms with Crippen molar-refractivity contribution in [1.82, 2.24) is 0 Å². The molecule has 2 N–H and O–H groups in total. The molecular weight excluding hydrogens is 384 g/mol. The van der Waals surface area contributed by atoms with E-state index in [0.29, 0.717) is 15.7 Å². The van der Waals surface area contributed by atoms with Gasteiger partial charge in [0.05, 0.1) is 7.11 Å². The van der Waals surface area contributed by atoms with E-state index in [1.807, 2.05) is 32.0 Å². The van der Waals surface area contributed by atoms with Crippen LogP contribution in [0.15, 0.2) is 40.4 Å². The molecule has 0 saturated heterocycles. The summed E-state index contributed by atoms with van der Waals surface area (Å²) in [6.45, 7) is 3.92. The second kappa shape index (κ2) is 7.86. The molecule has 1 amide bonds. The van der Waals surface area contributed by atoms with Gasteiger partial charge in [0.2, 0.25) is 0 Å². The Morgan fingerprint density at radius 2 is 2.00 bits per heavy atom. The molecule has 2 rings (SSSR count). The highest BCUT2D eigenvalue weighted by molar-refractivity contribution is 9.10. The third kappa shape index (κ3) is 4.40. The highest BCUT2D eigenvalue weighted by Crippen LogP contribution is 2.34. The summed E-state index contributed by atoms with van der Waals surface area (Å²) in [6.07, 6.45) is 1.32. The molecule has 6 heteroatoms. The van der Waals surface area contributed by atoms with Gasteiger partial charge in [0.15, 0.2) is 11.5 Å². The van der Waals surface area contributed by atoms with Crippen molar-refractivity contribution in [3.05, 3.63) is 57.1 Å². The maximum absolute atomic E-state index is 12.4. The van der Waals surface area contributed by atoms with Crippen LogP contribution in [0.4, 0.5) is 5.69 Å². The van der Waals surface area contributed by atoms with Crippen molar-refractivity contribution >= 4 is 33.6 Å². The summed E-state index contributed by atoms with van der Waals surface area (Å²) in [4.78, 5) is 12.4. The van der Waals surface area contributed by atoms with Gasteiger partial charge in [-0.05, 0) is 55.3 Å². The maximum atomic E-state index is 12.4. The van der Waals surface area contributed by atoms with Gasteiger partial charge < -0.3 is 15.2 Å². The van der Waals surface area contributed by atoms with Crippen LogP contribution in [0.3, 0.4) is 0 Å². The molecule has 0 unspecified atom stereocenters. The number of amides is 1. The number of methoxy groups -OCH3 is 1. The average molecular weight is 401 g/mol. The summed E-state index contributed by atoms with van der Waals surface area (Å²) in [6, 6.07) is 10.6. The van der Waals surface area contributed by atoms with Crippen LogP contribution in [0.5, 0.6) is 11.5 Å². The van der Waals surface area contributed by atoms with E-state index >= 15 is 0 Å². The van der Waals surface area contributed by atoms with E-state index in [0.717, 1.165) is 11.1 Å². The normalized spacial score (nSPS) is 10.9. The van der Waals surface area contributed by atoms with E-state index in [2.05, 4.69) is 21.2 Å². The third-order valence-electron chi connectivity index (χ3n) is 3.72. The number of nitrogens with one attached hydrogen (secondary N) is 1. The van der Waals surface area contributed by atoms with E-state index in [1.54, 1.807) is 18.2 Å². The molecule has 0 atom stereocenters. The van der Waals surface area contributed by atoms with Crippen molar-refractivity contribution in [2.45, 2.75) is 13.8 Å². The lowest BCUT2D eigenvalue weighted by molar-refractivity contribution is -0.112. The van der Waals surface area contributed by atoms with Crippen LogP contribution in [0.25, 0.3) is 6.08 Å². The Kier molecular flexibility index (Phi) is 5.84. The lowest BCUT2D eigenvalue weighted by Gasteiger charge is -2.09. The quantitative estimate of drug-likeness (QED) is 0.590. The number of rotatable bonds is 4. The summed E-state index contributed by atoms with van der Waals surface area (Å²) >= 11 is 3.30. The standard InChI is InChI=1S/C19H17BrN2O3/c1-11-4-5-16(6-12(11)2)22-19(24)14(10-21)7-13-8-15(20)9-17(25-3)18(13)23/h4-9,23H,1-3H3,(H,22,24)/b14-7+. The number of aryl methyl sites for hydroxylation is 2. The lowest BCUT2D eigenvalue weighted by Crippen LogP contribution is -2.13. The summed E-state index contributed by atoms with van der Waals surface area (Å²) in [5, 5.41) is 22.2. The molecule has 5 nitrogen and oxygen atoms in total. The van der Waals surface area contributed by atoms with Crippen LogP contribution < -0.4 is 10.1 Å². The number of carbonyl (C=O) groups excluding carboxylic acids is 1. The number of hydrogen-bond acceptors (Lipinski definition) is 4. The monoisotopic (exact) mass is 400 g/mol. The van der Waals surface area contributed by atoms with E-state index in [4.69, 9.17) is 4.74 Å². The minimum atomic E-state index is -0.552. The molecule has 0 saturated carbocycles. The Morgan fingerprint density at radius 1 is 1.28 bits per heavy atom. The highest BCUT2D eigenvalue weighted by Gasteiger charge is 2.14. The van der Waals surface area contributed by atoms with Crippen molar-refractivity contribution in [3.8, 4) is 17.6 Å². The van der Waals surface area contributed by atoms with Crippen LogP contribution >= 0.6 is 15.9 Å². The molecule has 0 aliphatic heterocycles. The van der Waals surface area contributed by atoms with Crippen LogP contribution in [-0.2, 0) is 4.79 Å². The van der Waals surface area contributed by atoms with Crippen LogP contribution in [-0.4, -0.2) is 18.1 Å². The predicted molar refractivity (Wildman–Crippen MR) is 100 cm³/mol. The lowest BCUT2D eigenvalue weighted by atomic mass is 10.1. The predicted octanol–water partition coefficient (Wildman–Crippen LogP) is 4.33. The highest BCUT2D eigenvalue weighted by atomic mass is 79.9. The van der Waals surface area contributed by atoms with E-state index in [1.165, 1.54) is 13.2 Å². The number of phenols is 1. The molecule has 128 valence electrons. The van der Waals surface area contributed by atoms with Crippen molar-refractivity contribution in [2.24, 2.45) is 0 Å². The molecule has 2 aromatic carbocycles. The maximum Gasteiger partial charge on any atom is 0.266 e. The Balaban J connectivity index is 2.34. The number of nitriles is 1. The van der Waals surface area contributed by atoms with E-state index in [9.17, 15) is 15.2 Å². The zero-order chi connectivity index (χ0) is 18.6. The fourth-order valence-corrected chi connectivity index (χ4v) is 2.64. The molecular formula is C19H17BrN2O3. The molecule has 0 bridgehead atoms. The largest absolute Gasteiger partial charge is 0.504 e. The van der Waals surface area contributed by atoms with Crippen molar-refractivity contribution < 1.29 is 14.6 Å². The van der Waals surface area contributed by atoms with Gasteiger partial charge in [-0.25, -0.2) is 0 Å². The number of phenolic OH excluding ortho intramolecular Hbond substituents is 1. The smallest absolute Gasteiger partial charge is 0.266 e. The first kappa shape index (κ1) is 18.6. The van der Waals surface area contributed by atoms with Crippen LogP contribution in [0.2, 0.25) is 0 Å². The van der Waals surface area contributed by atoms with Gasteiger partial charge in [-0.15, -0.1) is 0 Å². The van der Waals surface area contributed by atoms with E-state index < -0.39 is 5.91 Å². The fraction of sp³-hybridized carbons (Fsp3) is 0.158. The van der Waals surface area contributed by atoms with Gasteiger partial charge in [0.25, 0.3) is 5.91 Å². The summed E-state index contributed by atoms with van der Waals surface area (Å²) < 4.78 is 5.72. The Bertz CT molecular complexity index is 898. The van der Waals surface area contributed by atoms with Crippen molar-refractivity contribution in [3.63, 3.8) is 0 Å². The molecule has 2 aromatic rings. The van der Waals surface area contributed by atoms with Crippen LogP contribution in [0, 0.1) is 25.2 Å². The number of benzene rings is 2. The number of hydrogen-bond donors (Lipinski definition) is 2. The first-order valence-corrected chi connectivity index (χ1v) is 8.22. The van der Waals surface area contributed by atoms with Gasteiger partial charge in [0, 0.05) is 15.7 Å². The van der Waals surface area contributed by atoms with Gasteiger partial charge in [-0.3, -0.25) is 4.79 Å². The Morgan fingerprint density at radius 3 is 2.60 bits per heavy atom. The second-order valence-electron chi connectivity index (χ2n) is 5.47. The van der Waals surface area contributed by atoms with E-state index in [-0.39, 0.29) is 17.1 Å². The van der Waals surface area contributed by atoms with Gasteiger partial charge in [-0.1, -0.05) is 22.0 Å². The number of ether oxygens (including phenoxy) is 1. The topological polar surface area (TPSA) is 82.3 Å².